The standard InChI is InChI=1S/C13H21F3N2O/c1-3-5-9-11(19)18(10(17-9)6-4-2)12(7-8-12)13(14,15)16/h9-10,17H,3-8H2,1-2H3. The lowest BCUT2D eigenvalue weighted by Crippen LogP contribution is -2.54. The molecule has 2 aliphatic rings. The Bertz CT molecular complexity index is 352. The summed E-state index contributed by atoms with van der Waals surface area (Å²) < 4.78 is 39.7. The van der Waals surface area contributed by atoms with Crippen LogP contribution in [0.25, 0.3) is 0 Å². The summed E-state index contributed by atoms with van der Waals surface area (Å²) in [5.41, 5.74) is -1.89. The van der Waals surface area contributed by atoms with Crippen molar-refractivity contribution in [2.75, 3.05) is 0 Å². The molecule has 1 heterocycles. The normalized spacial score (nSPS) is 29.9. The number of halogens is 3. The fourth-order valence-corrected chi connectivity index (χ4v) is 2.97. The van der Waals surface area contributed by atoms with Crippen LogP contribution in [0.5, 0.6) is 0 Å². The summed E-state index contributed by atoms with van der Waals surface area (Å²) in [7, 11) is 0. The molecule has 0 bridgehead atoms. The molecule has 1 N–H and O–H groups in total. The Morgan fingerprint density at radius 1 is 1.26 bits per heavy atom. The van der Waals surface area contributed by atoms with E-state index in [-0.39, 0.29) is 18.7 Å². The third kappa shape index (κ3) is 2.35. The van der Waals surface area contributed by atoms with Gasteiger partial charge in [0.2, 0.25) is 5.91 Å². The largest absolute Gasteiger partial charge is 0.411 e. The molecule has 3 nitrogen and oxygen atoms in total. The van der Waals surface area contributed by atoms with Gasteiger partial charge in [-0.05, 0) is 25.7 Å². The van der Waals surface area contributed by atoms with E-state index >= 15 is 0 Å². The lowest BCUT2D eigenvalue weighted by Gasteiger charge is -2.34. The van der Waals surface area contributed by atoms with Crippen molar-refractivity contribution in [1.29, 1.82) is 0 Å². The van der Waals surface area contributed by atoms with Gasteiger partial charge in [0.15, 0.2) is 0 Å². The minimum absolute atomic E-state index is 0.0446. The first-order valence-corrected chi connectivity index (χ1v) is 7.03. The van der Waals surface area contributed by atoms with Gasteiger partial charge in [0.05, 0.1) is 12.2 Å². The van der Waals surface area contributed by atoms with Gasteiger partial charge in [-0.2, -0.15) is 13.2 Å². The van der Waals surface area contributed by atoms with E-state index in [1.165, 1.54) is 0 Å². The van der Waals surface area contributed by atoms with Crippen LogP contribution in [-0.4, -0.2) is 34.7 Å². The molecule has 1 amide bonds. The summed E-state index contributed by atoms with van der Waals surface area (Å²) in [5.74, 6) is -0.366. The van der Waals surface area contributed by atoms with Gasteiger partial charge in [0.25, 0.3) is 0 Å². The minimum Gasteiger partial charge on any atom is -0.311 e. The Hall–Kier alpha value is -0.780. The van der Waals surface area contributed by atoms with Crippen molar-refractivity contribution in [3.8, 4) is 0 Å². The molecule has 2 fully saturated rings. The number of nitrogens with zero attached hydrogens (tertiary/aromatic N) is 1. The van der Waals surface area contributed by atoms with Crippen LogP contribution in [0.2, 0.25) is 0 Å². The molecule has 1 aliphatic heterocycles. The lowest BCUT2D eigenvalue weighted by atomic mass is 10.1. The van der Waals surface area contributed by atoms with E-state index in [4.69, 9.17) is 0 Å². The van der Waals surface area contributed by atoms with E-state index in [0.29, 0.717) is 12.8 Å². The van der Waals surface area contributed by atoms with Gasteiger partial charge in [0.1, 0.15) is 5.54 Å². The van der Waals surface area contributed by atoms with E-state index in [1.807, 2.05) is 13.8 Å². The number of rotatable bonds is 5. The number of amides is 1. The number of carbonyl (C=O) groups is 1. The molecule has 2 atom stereocenters. The smallest absolute Gasteiger partial charge is 0.311 e. The van der Waals surface area contributed by atoms with Crippen molar-refractivity contribution in [2.45, 2.75) is 76.3 Å². The van der Waals surface area contributed by atoms with Crippen LogP contribution in [-0.2, 0) is 4.79 Å². The average molecular weight is 278 g/mol. The molecule has 19 heavy (non-hydrogen) atoms. The third-order valence-electron chi connectivity index (χ3n) is 4.09. The molecule has 6 heteroatoms. The molecule has 1 aliphatic carbocycles. The molecule has 2 rings (SSSR count). The number of nitrogens with one attached hydrogen (secondary N) is 1. The van der Waals surface area contributed by atoms with Crippen molar-refractivity contribution in [3.63, 3.8) is 0 Å². The van der Waals surface area contributed by atoms with E-state index in [1.54, 1.807) is 0 Å². The SMILES string of the molecule is CCCC1NC(CCC)N(C2(C(F)(F)F)CC2)C1=O. The maximum absolute atomic E-state index is 13.2. The van der Waals surface area contributed by atoms with Crippen LogP contribution in [0.4, 0.5) is 13.2 Å². The molecular weight excluding hydrogens is 257 g/mol. The highest BCUT2D eigenvalue weighted by atomic mass is 19.4. The number of alkyl halides is 3. The second-order valence-corrected chi connectivity index (χ2v) is 5.55. The first-order valence-electron chi connectivity index (χ1n) is 7.03. The maximum atomic E-state index is 13.2. The van der Waals surface area contributed by atoms with Gasteiger partial charge in [-0.15, -0.1) is 0 Å². The summed E-state index contributed by atoms with van der Waals surface area (Å²) in [6, 6.07) is -0.443. The van der Waals surface area contributed by atoms with Gasteiger partial charge in [-0.25, -0.2) is 0 Å². The van der Waals surface area contributed by atoms with Crippen molar-refractivity contribution in [2.24, 2.45) is 0 Å². The average Bonchev–Trinajstić information content (AvgIpc) is 3.04. The number of hydrogen-bond donors (Lipinski definition) is 1. The van der Waals surface area contributed by atoms with Gasteiger partial charge in [-0.1, -0.05) is 26.7 Å². The highest BCUT2D eigenvalue weighted by Crippen LogP contribution is 2.55. The topological polar surface area (TPSA) is 32.3 Å². The van der Waals surface area contributed by atoms with Crippen LogP contribution in [0.3, 0.4) is 0 Å². The monoisotopic (exact) mass is 278 g/mol. The molecule has 1 saturated carbocycles. The second kappa shape index (κ2) is 4.96. The summed E-state index contributed by atoms with van der Waals surface area (Å²) in [6.45, 7) is 3.85. The molecule has 0 aromatic rings. The number of hydrogen-bond acceptors (Lipinski definition) is 2. The van der Waals surface area contributed by atoms with E-state index < -0.39 is 23.9 Å². The lowest BCUT2D eigenvalue weighted by molar-refractivity contribution is -0.202. The Labute approximate surface area is 111 Å². The minimum atomic E-state index is -4.32. The Morgan fingerprint density at radius 2 is 1.84 bits per heavy atom. The molecule has 110 valence electrons. The molecule has 0 spiro atoms. The summed E-state index contributed by atoms with van der Waals surface area (Å²) >= 11 is 0. The zero-order valence-corrected chi connectivity index (χ0v) is 11.4. The summed E-state index contributed by atoms with van der Waals surface area (Å²) in [6.07, 6.45) is -1.97. The van der Waals surface area contributed by atoms with E-state index in [9.17, 15) is 18.0 Å². The van der Waals surface area contributed by atoms with Gasteiger partial charge in [0, 0.05) is 0 Å². The van der Waals surface area contributed by atoms with Crippen molar-refractivity contribution < 1.29 is 18.0 Å². The Balaban J connectivity index is 2.23. The molecular formula is C13H21F3N2O. The fraction of sp³-hybridized carbons (Fsp3) is 0.923. The third-order valence-corrected chi connectivity index (χ3v) is 4.09. The van der Waals surface area contributed by atoms with E-state index in [2.05, 4.69) is 5.32 Å². The summed E-state index contributed by atoms with van der Waals surface area (Å²) in [5, 5.41) is 3.09. The zero-order valence-electron chi connectivity index (χ0n) is 11.4. The molecule has 0 aromatic carbocycles. The fourth-order valence-electron chi connectivity index (χ4n) is 2.97. The van der Waals surface area contributed by atoms with Gasteiger partial charge >= 0.3 is 6.18 Å². The van der Waals surface area contributed by atoms with Crippen LogP contribution >= 0.6 is 0 Å². The molecule has 1 saturated heterocycles. The van der Waals surface area contributed by atoms with Crippen LogP contribution in [0.15, 0.2) is 0 Å². The van der Waals surface area contributed by atoms with Crippen LogP contribution in [0, 0.1) is 0 Å². The summed E-state index contributed by atoms with van der Waals surface area (Å²) in [4.78, 5) is 13.4. The van der Waals surface area contributed by atoms with Crippen molar-refractivity contribution in [3.05, 3.63) is 0 Å². The van der Waals surface area contributed by atoms with Crippen LogP contribution in [0.1, 0.15) is 52.4 Å². The van der Waals surface area contributed by atoms with E-state index in [0.717, 1.165) is 17.7 Å². The van der Waals surface area contributed by atoms with Gasteiger partial charge < -0.3 is 4.90 Å². The molecule has 0 aromatic heterocycles. The predicted octanol–water partition coefficient (Wildman–Crippen LogP) is 2.81. The number of carbonyl (C=O) groups excluding carboxylic acids is 1. The molecule has 2 unspecified atom stereocenters. The van der Waals surface area contributed by atoms with Gasteiger partial charge in [-0.3, -0.25) is 10.1 Å². The first kappa shape index (κ1) is 14.6. The first-order chi connectivity index (χ1) is 8.87. The molecule has 0 radical (unpaired) electrons. The van der Waals surface area contributed by atoms with Crippen LogP contribution < -0.4 is 5.32 Å². The van der Waals surface area contributed by atoms with Crippen molar-refractivity contribution >= 4 is 5.91 Å². The highest BCUT2D eigenvalue weighted by molar-refractivity contribution is 5.85. The highest BCUT2D eigenvalue weighted by Gasteiger charge is 2.70. The zero-order chi connectivity index (χ0) is 14.3. The quantitative estimate of drug-likeness (QED) is 0.838. The predicted molar refractivity (Wildman–Crippen MR) is 65.4 cm³/mol. The Morgan fingerprint density at radius 3 is 2.26 bits per heavy atom. The van der Waals surface area contributed by atoms with Crippen molar-refractivity contribution in [1.82, 2.24) is 10.2 Å². The second-order valence-electron chi connectivity index (χ2n) is 5.55. The Kier molecular flexibility index (Phi) is 3.82. The maximum Gasteiger partial charge on any atom is 0.411 e.